The molecule has 2 heterocycles. The number of carbonyl (C=O) groups excluding carboxylic acids is 1. The molecule has 1 aromatic rings. The Morgan fingerprint density at radius 2 is 2.35 bits per heavy atom. The number of aliphatic carboxylic acids is 1. The molecule has 0 bridgehead atoms. The number of carbonyl (C=O) groups is 2. The fourth-order valence-corrected chi connectivity index (χ4v) is 2.54. The van der Waals surface area contributed by atoms with Gasteiger partial charge in [-0.15, -0.1) is 11.3 Å². The van der Waals surface area contributed by atoms with Crippen LogP contribution >= 0.6 is 11.3 Å². The van der Waals surface area contributed by atoms with Crippen LogP contribution in [0.1, 0.15) is 15.2 Å². The highest BCUT2D eigenvalue weighted by atomic mass is 32.1. The van der Waals surface area contributed by atoms with E-state index in [1.165, 1.54) is 17.4 Å². The smallest absolute Gasteiger partial charge is 0.328 e. The number of nitrogens with one attached hydrogen (secondary N) is 1. The second kappa shape index (κ2) is 7.18. The van der Waals surface area contributed by atoms with Crippen molar-refractivity contribution in [3.8, 4) is 0 Å². The van der Waals surface area contributed by atoms with Crippen molar-refractivity contribution in [2.24, 2.45) is 0 Å². The van der Waals surface area contributed by atoms with Gasteiger partial charge in [-0.3, -0.25) is 4.79 Å². The second-order valence-corrected chi connectivity index (χ2v) is 5.07. The summed E-state index contributed by atoms with van der Waals surface area (Å²) in [4.78, 5) is 23.0. The molecule has 1 aliphatic rings. The number of rotatable bonds is 5. The fourth-order valence-electron chi connectivity index (χ4n) is 1.74. The van der Waals surface area contributed by atoms with Gasteiger partial charge in [0, 0.05) is 12.6 Å². The van der Waals surface area contributed by atoms with Gasteiger partial charge in [0.1, 0.15) is 0 Å². The summed E-state index contributed by atoms with van der Waals surface area (Å²) in [6, 6.07) is 1.71. The molecule has 108 valence electrons. The van der Waals surface area contributed by atoms with Gasteiger partial charge in [-0.2, -0.15) is 0 Å². The third-order valence-corrected chi connectivity index (χ3v) is 3.61. The SMILES string of the molecule is O=C(O)C=Cc1ccsc1C(=O)NCC1COCCO1. The van der Waals surface area contributed by atoms with E-state index in [0.717, 1.165) is 6.08 Å². The Bertz CT molecular complexity index is 505. The number of ether oxygens (including phenoxy) is 2. The van der Waals surface area contributed by atoms with Gasteiger partial charge < -0.3 is 19.9 Å². The van der Waals surface area contributed by atoms with E-state index in [9.17, 15) is 9.59 Å². The van der Waals surface area contributed by atoms with Gasteiger partial charge in [-0.25, -0.2) is 4.79 Å². The molecule has 0 saturated carbocycles. The number of carboxylic acids is 1. The largest absolute Gasteiger partial charge is 0.478 e. The predicted molar refractivity (Wildman–Crippen MR) is 73.9 cm³/mol. The van der Waals surface area contributed by atoms with Crippen LogP contribution in [0.15, 0.2) is 17.5 Å². The van der Waals surface area contributed by atoms with E-state index in [2.05, 4.69) is 5.32 Å². The summed E-state index contributed by atoms with van der Waals surface area (Å²) in [6.07, 6.45) is 2.29. The van der Waals surface area contributed by atoms with Crippen LogP contribution in [0.3, 0.4) is 0 Å². The van der Waals surface area contributed by atoms with Crippen molar-refractivity contribution in [2.75, 3.05) is 26.4 Å². The number of hydrogen-bond donors (Lipinski definition) is 2. The fraction of sp³-hybridized carbons (Fsp3) is 0.385. The number of amides is 1. The quantitative estimate of drug-likeness (QED) is 0.792. The molecule has 0 aromatic carbocycles. The highest BCUT2D eigenvalue weighted by Gasteiger charge is 2.17. The minimum absolute atomic E-state index is 0.134. The molecule has 0 aliphatic carbocycles. The Labute approximate surface area is 120 Å². The number of thiophene rings is 1. The Hall–Kier alpha value is -1.70. The second-order valence-electron chi connectivity index (χ2n) is 4.15. The highest BCUT2D eigenvalue weighted by molar-refractivity contribution is 7.12. The Morgan fingerprint density at radius 1 is 1.50 bits per heavy atom. The summed E-state index contributed by atoms with van der Waals surface area (Å²) in [5.74, 6) is -1.28. The van der Waals surface area contributed by atoms with E-state index >= 15 is 0 Å². The summed E-state index contributed by atoms with van der Waals surface area (Å²) in [6.45, 7) is 1.96. The van der Waals surface area contributed by atoms with E-state index in [1.807, 2.05) is 0 Å². The van der Waals surface area contributed by atoms with Crippen LogP contribution in [0.25, 0.3) is 6.08 Å². The molecule has 20 heavy (non-hydrogen) atoms. The zero-order valence-electron chi connectivity index (χ0n) is 10.7. The molecule has 1 unspecified atom stereocenters. The summed E-state index contributed by atoms with van der Waals surface area (Å²) < 4.78 is 10.7. The summed E-state index contributed by atoms with van der Waals surface area (Å²) in [5, 5.41) is 13.1. The molecule has 1 aromatic heterocycles. The lowest BCUT2D eigenvalue weighted by Crippen LogP contribution is -2.39. The normalized spacial score (nSPS) is 19.1. The molecule has 2 N–H and O–H groups in total. The lowest BCUT2D eigenvalue weighted by molar-refractivity contribution is -0.131. The van der Waals surface area contributed by atoms with Crippen molar-refractivity contribution in [3.63, 3.8) is 0 Å². The predicted octanol–water partition coefficient (Wildman–Crippen LogP) is 0.991. The van der Waals surface area contributed by atoms with Crippen molar-refractivity contribution < 1.29 is 24.2 Å². The van der Waals surface area contributed by atoms with E-state index in [1.54, 1.807) is 11.4 Å². The van der Waals surface area contributed by atoms with Crippen LogP contribution in [-0.4, -0.2) is 49.5 Å². The van der Waals surface area contributed by atoms with Crippen molar-refractivity contribution in [3.05, 3.63) is 28.0 Å². The monoisotopic (exact) mass is 297 g/mol. The lowest BCUT2D eigenvalue weighted by Gasteiger charge is -2.22. The topological polar surface area (TPSA) is 84.9 Å². The van der Waals surface area contributed by atoms with Gasteiger partial charge in [0.05, 0.1) is 30.8 Å². The van der Waals surface area contributed by atoms with E-state index < -0.39 is 5.97 Å². The van der Waals surface area contributed by atoms with E-state index in [4.69, 9.17) is 14.6 Å². The van der Waals surface area contributed by atoms with Gasteiger partial charge in [-0.1, -0.05) is 0 Å². The molecule has 0 spiro atoms. The van der Waals surface area contributed by atoms with E-state index in [0.29, 0.717) is 36.8 Å². The van der Waals surface area contributed by atoms with Crippen molar-refractivity contribution >= 4 is 29.3 Å². The maximum Gasteiger partial charge on any atom is 0.328 e. The van der Waals surface area contributed by atoms with Crippen LogP contribution in [-0.2, 0) is 14.3 Å². The molecule has 0 radical (unpaired) electrons. The maximum atomic E-state index is 12.0. The molecule has 1 amide bonds. The van der Waals surface area contributed by atoms with Crippen molar-refractivity contribution in [2.45, 2.75) is 6.10 Å². The van der Waals surface area contributed by atoms with Crippen LogP contribution < -0.4 is 5.32 Å². The third kappa shape index (κ3) is 4.16. The molecule has 1 fully saturated rings. The first-order valence-electron chi connectivity index (χ1n) is 6.13. The molecule has 2 rings (SSSR count). The summed E-state index contributed by atoms with van der Waals surface area (Å²) in [7, 11) is 0. The molecule has 6 nitrogen and oxygen atoms in total. The van der Waals surface area contributed by atoms with Gasteiger partial charge in [-0.05, 0) is 23.1 Å². The molecular weight excluding hydrogens is 282 g/mol. The van der Waals surface area contributed by atoms with Crippen LogP contribution in [0.4, 0.5) is 0 Å². The van der Waals surface area contributed by atoms with Gasteiger partial charge in [0.15, 0.2) is 0 Å². The highest BCUT2D eigenvalue weighted by Crippen LogP contribution is 2.18. The number of hydrogen-bond acceptors (Lipinski definition) is 5. The average Bonchev–Trinajstić information content (AvgIpc) is 2.92. The standard InChI is InChI=1S/C13H15NO5S/c15-11(16)2-1-9-3-6-20-12(9)13(17)14-7-10-8-18-4-5-19-10/h1-3,6,10H,4-5,7-8H2,(H,14,17)(H,15,16). The zero-order chi connectivity index (χ0) is 14.4. The Kier molecular flexibility index (Phi) is 5.28. The first kappa shape index (κ1) is 14.7. The maximum absolute atomic E-state index is 12.0. The lowest BCUT2D eigenvalue weighted by atomic mass is 10.2. The Balaban J connectivity index is 1.92. The average molecular weight is 297 g/mol. The van der Waals surface area contributed by atoms with E-state index in [-0.39, 0.29) is 12.0 Å². The summed E-state index contributed by atoms with van der Waals surface area (Å²) >= 11 is 1.27. The Morgan fingerprint density at radius 3 is 3.05 bits per heavy atom. The van der Waals surface area contributed by atoms with Crippen LogP contribution in [0, 0.1) is 0 Å². The molecule has 1 atom stereocenters. The van der Waals surface area contributed by atoms with Crippen molar-refractivity contribution in [1.82, 2.24) is 5.32 Å². The number of carboxylic acid groups (broad SMARTS) is 1. The van der Waals surface area contributed by atoms with Crippen LogP contribution in [0.5, 0.6) is 0 Å². The van der Waals surface area contributed by atoms with Gasteiger partial charge >= 0.3 is 5.97 Å². The molecule has 1 saturated heterocycles. The summed E-state index contributed by atoms with van der Waals surface area (Å²) in [5.41, 5.74) is 0.593. The molecule has 1 aliphatic heterocycles. The minimum Gasteiger partial charge on any atom is -0.478 e. The van der Waals surface area contributed by atoms with Crippen LogP contribution in [0.2, 0.25) is 0 Å². The minimum atomic E-state index is -1.05. The first-order chi connectivity index (χ1) is 9.66. The molecular formula is C13H15NO5S. The van der Waals surface area contributed by atoms with Gasteiger partial charge in [0.25, 0.3) is 5.91 Å². The molecule has 7 heteroatoms. The van der Waals surface area contributed by atoms with Crippen molar-refractivity contribution in [1.29, 1.82) is 0 Å². The first-order valence-corrected chi connectivity index (χ1v) is 7.01. The zero-order valence-corrected chi connectivity index (χ0v) is 11.5. The third-order valence-electron chi connectivity index (χ3n) is 2.68. The van der Waals surface area contributed by atoms with Gasteiger partial charge in [0.2, 0.25) is 0 Å².